The van der Waals surface area contributed by atoms with Crippen molar-refractivity contribution in [3.63, 3.8) is 0 Å². The minimum atomic E-state index is -0.402. The molecule has 1 saturated heterocycles. The zero-order valence-corrected chi connectivity index (χ0v) is 6.12. The molecule has 0 spiro atoms. The second-order valence-corrected chi connectivity index (χ2v) is 2.85. The summed E-state index contributed by atoms with van der Waals surface area (Å²) in [7, 11) is 1.97. The molecule has 0 unspecified atom stereocenters. The minimum absolute atomic E-state index is 0.182. The van der Waals surface area contributed by atoms with Crippen molar-refractivity contribution in [1.29, 1.82) is 5.26 Å². The fraction of sp³-hybridized carbons (Fsp3) is 0.857. The molecule has 1 aliphatic heterocycles. The van der Waals surface area contributed by atoms with Crippen LogP contribution >= 0.6 is 0 Å². The second kappa shape index (κ2) is 3.00. The highest BCUT2D eigenvalue weighted by Gasteiger charge is 2.25. The topological polar surface area (TPSA) is 47.3 Å². The van der Waals surface area contributed by atoms with E-state index in [1.54, 1.807) is 0 Å². The Bertz CT molecular complexity index is 152. The first-order chi connectivity index (χ1) is 4.74. The number of hydrogen-bond donors (Lipinski definition) is 1. The molecule has 1 N–H and O–H groups in total. The van der Waals surface area contributed by atoms with Gasteiger partial charge in [-0.1, -0.05) is 0 Å². The largest absolute Gasteiger partial charge is 0.392 e. The van der Waals surface area contributed by atoms with Crippen LogP contribution in [0.25, 0.3) is 0 Å². The van der Waals surface area contributed by atoms with Gasteiger partial charge in [0.15, 0.2) is 0 Å². The lowest BCUT2D eigenvalue weighted by molar-refractivity contribution is 0.0610. The van der Waals surface area contributed by atoms with Gasteiger partial charge in [-0.05, 0) is 13.5 Å². The van der Waals surface area contributed by atoms with Crippen molar-refractivity contribution in [2.75, 3.05) is 20.1 Å². The molecule has 0 bridgehead atoms. The van der Waals surface area contributed by atoms with Crippen molar-refractivity contribution >= 4 is 0 Å². The number of piperidine rings is 1. The van der Waals surface area contributed by atoms with E-state index in [1.165, 1.54) is 0 Å². The summed E-state index contributed by atoms with van der Waals surface area (Å²) in [5, 5.41) is 17.8. The SMILES string of the molecule is CN1CC[C@@H](O)[C@@H](C#N)C1. The van der Waals surface area contributed by atoms with E-state index < -0.39 is 6.10 Å². The Morgan fingerprint density at radius 1 is 1.70 bits per heavy atom. The van der Waals surface area contributed by atoms with Gasteiger partial charge in [0.2, 0.25) is 0 Å². The van der Waals surface area contributed by atoms with E-state index in [0.29, 0.717) is 6.54 Å². The van der Waals surface area contributed by atoms with Crippen LogP contribution in [0.4, 0.5) is 0 Å². The molecule has 0 aromatic rings. The molecule has 1 fully saturated rings. The van der Waals surface area contributed by atoms with Crippen molar-refractivity contribution in [2.24, 2.45) is 5.92 Å². The van der Waals surface area contributed by atoms with Crippen LogP contribution in [0.5, 0.6) is 0 Å². The maximum Gasteiger partial charge on any atom is 0.0849 e. The smallest absolute Gasteiger partial charge is 0.0849 e. The Kier molecular flexibility index (Phi) is 2.25. The van der Waals surface area contributed by atoms with Gasteiger partial charge in [-0.15, -0.1) is 0 Å². The predicted molar refractivity (Wildman–Crippen MR) is 37.2 cm³/mol. The normalized spacial score (nSPS) is 35.3. The Morgan fingerprint density at radius 2 is 2.40 bits per heavy atom. The first-order valence-corrected chi connectivity index (χ1v) is 3.50. The summed E-state index contributed by atoms with van der Waals surface area (Å²) in [6, 6.07) is 2.09. The summed E-state index contributed by atoms with van der Waals surface area (Å²) < 4.78 is 0. The van der Waals surface area contributed by atoms with Gasteiger partial charge in [0.1, 0.15) is 0 Å². The number of nitriles is 1. The highest BCUT2D eigenvalue weighted by Crippen LogP contribution is 2.14. The third-order valence-electron chi connectivity index (χ3n) is 1.95. The van der Waals surface area contributed by atoms with E-state index in [2.05, 4.69) is 11.0 Å². The van der Waals surface area contributed by atoms with E-state index in [1.807, 2.05) is 7.05 Å². The monoisotopic (exact) mass is 140 g/mol. The summed E-state index contributed by atoms with van der Waals surface area (Å²) in [5.74, 6) is -0.182. The summed E-state index contributed by atoms with van der Waals surface area (Å²) >= 11 is 0. The zero-order chi connectivity index (χ0) is 7.56. The Hall–Kier alpha value is -0.590. The van der Waals surface area contributed by atoms with Crippen molar-refractivity contribution < 1.29 is 5.11 Å². The van der Waals surface area contributed by atoms with Gasteiger partial charge in [0.05, 0.1) is 18.1 Å². The molecule has 0 aromatic carbocycles. The number of likely N-dealkylation sites (tertiary alicyclic amines) is 1. The van der Waals surface area contributed by atoms with Crippen LogP contribution in [0.2, 0.25) is 0 Å². The summed E-state index contributed by atoms with van der Waals surface area (Å²) in [6.45, 7) is 1.61. The molecule has 3 nitrogen and oxygen atoms in total. The highest BCUT2D eigenvalue weighted by atomic mass is 16.3. The predicted octanol–water partition coefficient (Wildman–Crippen LogP) is -0.177. The maximum absolute atomic E-state index is 9.24. The van der Waals surface area contributed by atoms with Gasteiger partial charge >= 0.3 is 0 Å². The average molecular weight is 140 g/mol. The van der Waals surface area contributed by atoms with Gasteiger partial charge in [0.25, 0.3) is 0 Å². The number of hydrogen-bond acceptors (Lipinski definition) is 3. The van der Waals surface area contributed by atoms with E-state index in [9.17, 15) is 5.11 Å². The molecule has 0 amide bonds. The molecule has 1 heterocycles. The number of rotatable bonds is 0. The molecule has 3 heteroatoms. The highest BCUT2D eigenvalue weighted by molar-refractivity contribution is 4.93. The zero-order valence-electron chi connectivity index (χ0n) is 6.12. The van der Waals surface area contributed by atoms with Gasteiger partial charge in [0, 0.05) is 13.1 Å². The third-order valence-corrected chi connectivity index (χ3v) is 1.95. The maximum atomic E-state index is 9.24. The number of nitrogens with zero attached hydrogens (tertiary/aromatic N) is 2. The Balaban J connectivity index is 2.47. The lowest BCUT2D eigenvalue weighted by Gasteiger charge is -2.29. The lowest BCUT2D eigenvalue weighted by Crippen LogP contribution is -2.40. The Morgan fingerprint density at radius 3 is 2.90 bits per heavy atom. The van der Waals surface area contributed by atoms with Gasteiger partial charge in [-0.3, -0.25) is 0 Å². The van der Waals surface area contributed by atoms with Gasteiger partial charge in [-0.2, -0.15) is 5.26 Å². The molecule has 1 aliphatic rings. The van der Waals surface area contributed by atoms with Crippen LogP contribution in [0.1, 0.15) is 6.42 Å². The first-order valence-electron chi connectivity index (χ1n) is 3.50. The molecule has 0 aromatic heterocycles. The van der Waals surface area contributed by atoms with Crippen LogP contribution in [-0.4, -0.2) is 36.2 Å². The van der Waals surface area contributed by atoms with Crippen molar-refractivity contribution in [3.05, 3.63) is 0 Å². The molecule has 10 heavy (non-hydrogen) atoms. The van der Waals surface area contributed by atoms with E-state index in [4.69, 9.17) is 5.26 Å². The standard InChI is InChI=1S/C7H12N2O/c1-9-3-2-7(10)6(4-8)5-9/h6-7,10H,2-3,5H2,1H3/t6-,7+/m0/s1. The second-order valence-electron chi connectivity index (χ2n) is 2.85. The molecule has 0 radical (unpaired) electrons. The molecule has 0 aliphatic carbocycles. The molecule has 2 atom stereocenters. The molecule has 1 rings (SSSR count). The third kappa shape index (κ3) is 1.47. The summed E-state index contributed by atoms with van der Waals surface area (Å²) in [5.41, 5.74) is 0. The van der Waals surface area contributed by atoms with Crippen LogP contribution in [0.3, 0.4) is 0 Å². The van der Waals surface area contributed by atoms with E-state index in [-0.39, 0.29) is 5.92 Å². The average Bonchev–Trinajstić information content (AvgIpc) is 1.94. The lowest BCUT2D eigenvalue weighted by atomic mass is 9.97. The van der Waals surface area contributed by atoms with Crippen LogP contribution in [-0.2, 0) is 0 Å². The fourth-order valence-electron chi connectivity index (χ4n) is 1.23. The van der Waals surface area contributed by atoms with Crippen LogP contribution in [0.15, 0.2) is 0 Å². The van der Waals surface area contributed by atoms with E-state index >= 15 is 0 Å². The molecular formula is C7H12N2O. The van der Waals surface area contributed by atoms with Gasteiger partial charge < -0.3 is 10.0 Å². The van der Waals surface area contributed by atoms with Crippen LogP contribution < -0.4 is 0 Å². The van der Waals surface area contributed by atoms with Crippen molar-refractivity contribution in [2.45, 2.75) is 12.5 Å². The summed E-state index contributed by atoms with van der Waals surface area (Å²) in [6.07, 6.45) is 0.329. The van der Waals surface area contributed by atoms with Crippen molar-refractivity contribution in [3.8, 4) is 6.07 Å². The fourth-order valence-corrected chi connectivity index (χ4v) is 1.23. The van der Waals surface area contributed by atoms with Crippen LogP contribution in [0, 0.1) is 17.2 Å². The molecular weight excluding hydrogens is 128 g/mol. The first kappa shape index (κ1) is 7.52. The van der Waals surface area contributed by atoms with Crippen molar-refractivity contribution in [1.82, 2.24) is 4.90 Å². The number of aliphatic hydroxyl groups is 1. The summed E-state index contributed by atoms with van der Waals surface area (Å²) in [4.78, 5) is 2.07. The molecule has 0 saturated carbocycles. The quantitative estimate of drug-likeness (QED) is 0.508. The van der Waals surface area contributed by atoms with E-state index in [0.717, 1.165) is 13.0 Å². The Labute approximate surface area is 60.9 Å². The molecule has 56 valence electrons. The minimum Gasteiger partial charge on any atom is -0.392 e. The van der Waals surface area contributed by atoms with Gasteiger partial charge in [-0.25, -0.2) is 0 Å². The number of aliphatic hydroxyl groups excluding tert-OH is 1.